The third kappa shape index (κ3) is 3.16. The van der Waals surface area contributed by atoms with Gasteiger partial charge in [-0.05, 0) is 12.8 Å². The van der Waals surface area contributed by atoms with Crippen LogP contribution in [0.4, 0.5) is 19.0 Å². The average Bonchev–Trinajstić information content (AvgIpc) is 2.73. The molecule has 2 heterocycles. The van der Waals surface area contributed by atoms with Gasteiger partial charge in [0.05, 0.1) is 17.5 Å². The Bertz CT molecular complexity index is 639. The third-order valence-corrected chi connectivity index (χ3v) is 4.79. The molecule has 0 bridgehead atoms. The molecular weight excluding hydrogens is 311 g/mol. The zero-order valence-electron chi connectivity index (χ0n) is 12.7. The summed E-state index contributed by atoms with van der Waals surface area (Å²) in [5.41, 5.74) is -1.09. The highest BCUT2D eigenvalue weighted by Gasteiger charge is 2.48. The lowest BCUT2D eigenvalue weighted by molar-refractivity contribution is -0.157. The van der Waals surface area contributed by atoms with Crippen molar-refractivity contribution in [2.24, 2.45) is 0 Å². The summed E-state index contributed by atoms with van der Waals surface area (Å²) >= 11 is 0. The molecule has 1 atom stereocenters. The first-order valence-electron chi connectivity index (χ1n) is 8.09. The van der Waals surface area contributed by atoms with Crippen LogP contribution in [0.3, 0.4) is 0 Å². The number of aromatic nitrogens is 2. The second-order valence-electron chi connectivity index (χ2n) is 6.42. The number of hydrogen-bond acceptors (Lipinski definition) is 2. The molecule has 2 aliphatic rings. The van der Waals surface area contributed by atoms with E-state index in [-0.39, 0.29) is 17.4 Å². The number of carbonyl (C=O) groups is 1. The molecule has 3 rings (SSSR count). The summed E-state index contributed by atoms with van der Waals surface area (Å²) in [4.78, 5) is 23.8. The van der Waals surface area contributed by atoms with E-state index in [9.17, 15) is 22.8 Å². The molecule has 1 aliphatic carbocycles. The Morgan fingerprint density at radius 2 is 1.61 bits per heavy atom. The summed E-state index contributed by atoms with van der Waals surface area (Å²) in [6, 6.07) is -0.0703. The number of amides is 1. The second-order valence-corrected chi connectivity index (χ2v) is 6.42. The van der Waals surface area contributed by atoms with Gasteiger partial charge in [-0.1, -0.05) is 32.1 Å². The smallest absolute Gasteiger partial charge is 0.311 e. The van der Waals surface area contributed by atoms with Gasteiger partial charge in [-0.2, -0.15) is 13.2 Å². The number of hydrogen-bond donors (Lipinski definition) is 2. The summed E-state index contributed by atoms with van der Waals surface area (Å²) in [5, 5.41) is 5.02. The monoisotopic (exact) mass is 331 g/mol. The Hall–Kier alpha value is -1.73. The van der Waals surface area contributed by atoms with Crippen LogP contribution in [0, 0.1) is 0 Å². The van der Waals surface area contributed by atoms with Crippen molar-refractivity contribution in [2.45, 2.75) is 69.5 Å². The number of rotatable bonds is 1. The van der Waals surface area contributed by atoms with Crippen molar-refractivity contribution < 1.29 is 18.0 Å². The van der Waals surface area contributed by atoms with Crippen LogP contribution >= 0.6 is 0 Å². The number of fused-ring (bicyclic) bond motifs is 1. The second kappa shape index (κ2) is 6.05. The van der Waals surface area contributed by atoms with E-state index in [0.29, 0.717) is 0 Å². The Labute approximate surface area is 131 Å². The normalized spacial score (nSPS) is 23.8. The lowest BCUT2D eigenvalue weighted by Gasteiger charge is -2.27. The number of aromatic amines is 1. The molecule has 1 fully saturated rings. The van der Waals surface area contributed by atoms with Crippen molar-refractivity contribution >= 4 is 11.7 Å². The molecule has 0 spiro atoms. The van der Waals surface area contributed by atoms with E-state index < -0.39 is 30.0 Å². The summed E-state index contributed by atoms with van der Waals surface area (Å²) < 4.78 is 41.1. The first-order valence-corrected chi connectivity index (χ1v) is 8.09. The number of nitrogens with zero attached hydrogens (tertiary/aromatic N) is 1. The predicted molar refractivity (Wildman–Crippen MR) is 78.5 cm³/mol. The van der Waals surface area contributed by atoms with Crippen LogP contribution in [0.15, 0.2) is 4.79 Å². The molecule has 1 aromatic heterocycles. The van der Waals surface area contributed by atoms with E-state index in [4.69, 9.17) is 0 Å². The third-order valence-electron chi connectivity index (χ3n) is 4.79. The van der Waals surface area contributed by atoms with Gasteiger partial charge in [0.15, 0.2) is 0 Å². The predicted octanol–water partition coefficient (Wildman–Crippen LogP) is 3.45. The quantitative estimate of drug-likeness (QED) is 0.828. The van der Waals surface area contributed by atoms with Gasteiger partial charge in [0.25, 0.3) is 5.56 Å². The van der Waals surface area contributed by atoms with Crippen molar-refractivity contribution in [1.29, 1.82) is 0 Å². The molecule has 2 N–H and O–H groups in total. The number of nitrogens with one attached hydrogen (secondary N) is 2. The van der Waals surface area contributed by atoms with Crippen molar-refractivity contribution in [2.75, 3.05) is 5.32 Å². The molecule has 1 aliphatic heterocycles. The van der Waals surface area contributed by atoms with Gasteiger partial charge >= 0.3 is 6.18 Å². The lowest BCUT2D eigenvalue weighted by atomic mass is 9.93. The maximum atomic E-state index is 13.2. The molecule has 1 amide bonds. The standard InChI is InChI=1S/C15H20F3N3O2/c16-15(17,18)10-8-11(22)19-13-12(10)14(23)20-21(13)9-6-4-2-1-3-5-7-9/h9-10H,1-8H2,(H,19,22)(H,20,23)/t10-/m0/s1. The maximum absolute atomic E-state index is 13.2. The minimum absolute atomic E-state index is 0.0131. The molecule has 1 saturated carbocycles. The molecule has 0 aromatic carbocycles. The number of H-pyrrole nitrogens is 1. The fraction of sp³-hybridized carbons (Fsp3) is 0.733. The van der Waals surface area contributed by atoms with Gasteiger partial charge in [0, 0.05) is 6.42 Å². The van der Waals surface area contributed by atoms with Crippen molar-refractivity contribution in [3.8, 4) is 0 Å². The summed E-state index contributed by atoms with van der Waals surface area (Å²) in [7, 11) is 0. The molecule has 1 aromatic rings. The minimum atomic E-state index is -4.60. The van der Waals surface area contributed by atoms with E-state index in [1.807, 2.05) is 0 Å². The number of halogens is 3. The van der Waals surface area contributed by atoms with Crippen LogP contribution in [0.1, 0.15) is 68.9 Å². The van der Waals surface area contributed by atoms with Crippen LogP contribution in [0.2, 0.25) is 0 Å². The van der Waals surface area contributed by atoms with Crippen LogP contribution in [-0.2, 0) is 4.79 Å². The number of carbonyl (C=O) groups excluding carboxylic acids is 1. The molecule has 0 saturated heterocycles. The topological polar surface area (TPSA) is 66.9 Å². The molecule has 0 unspecified atom stereocenters. The van der Waals surface area contributed by atoms with E-state index in [1.54, 1.807) is 0 Å². The zero-order chi connectivity index (χ0) is 16.6. The van der Waals surface area contributed by atoms with Crippen molar-refractivity contribution in [3.63, 3.8) is 0 Å². The molecule has 8 heteroatoms. The zero-order valence-corrected chi connectivity index (χ0v) is 12.7. The van der Waals surface area contributed by atoms with E-state index in [0.717, 1.165) is 38.5 Å². The van der Waals surface area contributed by atoms with Gasteiger partial charge in [0.2, 0.25) is 5.91 Å². The Kier molecular flexibility index (Phi) is 4.25. The minimum Gasteiger partial charge on any atom is -0.311 e. The van der Waals surface area contributed by atoms with Crippen LogP contribution < -0.4 is 10.9 Å². The van der Waals surface area contributed by atoms with Gasteiger partial charge in [-0.25, -0.2) is 0 Å². The lowest BCUT2D eigenvalue weighted by Crippen LogP contribution is -2.34. The SMILES string of the molecule is O=C1C[C@H](C(F)(F)F)c2c(n(C3CCCCCCC3)[nH]c2=O)N1. The Balaban J connectivity index is 2.01. The fourth-order valence-electron chi connectivity index (χ4n) is 3.63. The molecule has 5 nitrogen and oxygen atoms in total. The van der Waals surface area contributed by atoms with Gasteiger partial charge in [-0.15, -0.1) is 0 Å². The summed E-state index contributed by atoms with van der Waals surface area (Å²) in [5.74, 6) is -2.71. The molecule has 23 heavy (non-hydrogen) atoms. The van der Waals surface area contributed by atoms with E-state index in [2.05, 4.69) is 10.4 Å². The van der Waals surface area contributed by atoms with Gasteiger partial charge in [0.1, 0.15) is 5.82 Å². The summed E-state index contributed by atoms with van der Waals surface area (Å²) in [6.45, 7) is 0. The first kappa shape index (κ1) is 16.1. The highest BCUT2D eigenvalue weighted by Crippen LogP contribution is 2.42. The number of anilines is 1. The Morgan fingerprint density at radius 1 is 1.00 bits per heavy atom. The molecular formula is C15H20F3N3O2. The largest absolute Gasteiger partial charge is 0.396 e. The Morgan fingerprint density at radius 3 is 2.22 bits per heavy atom. The fourth-order valence-corrected chi connectivity index (χ4v) is 3.63. The molecule has 0 radical (unpaired) electrons. The highest BCUT2D eigenvalue weighted by molar-refractivity contribution is 5.93. The van der Waals surface area contributed by atoms with Crippen LogP contribution in [0.25, 0.3) is 0 Å². The maximum Gasteiger partial charge on any atom is 0.396 e. The van der Waals surface area contributed by atoms with Crippen LogP contribution in [-0.4, -0.2) is 21.9 Å². The van der Waals surface area contributed by atoms with Crippen LogP contribution in [0.5, 0.6) is 0 Å². The van der Waals surface area contributed by atoms with E-state index >= 15 is 0 Å². The van der Waals surface area contributed by atoms with Crippen molar-refractivity contribution in [1.82, 2.24) is 9.78 Å². The summed E-state index contributed by atoms with van der Waals surface area (Å²) in [6.07, 6.45) is 1.53. The highest BCUT2D eigenvalue weighted by atomic mass is 19.4. The van der Waals surface area contributed by atoms with Gasteiger partial charge in [-0.3, -0.25) is 19.4 Å². The van der Waals surface area contributed by atoms with E-state index in [1.165, 1.54) is 11.1 Å². The first-order chi connectivity index (χ1) is 10.9. The average molecular weight is 331 g/mol. The number of alkyl halides is 3. The van der Waals surface area contributed by atoms with Crippen molar-refractivity contribution in [3.05, 3.63) is 15.9 Å². The van der Waals surface area contributed by atoms with Gasteiger partial charge < -0.3 is 5.32 Å². The molecule has 128 valence electrons.